The minimum absolute atomic E-state index is 0.0394. The number of thioether (sulfide) groups is 1. The molecule has 4 heteroatoms. The van der Waals surface area contributed by atoms with Crippen molar-refractivity contribution in [3.63, 3.8) is 0 Å². The summed E-state index contributed by atoms with van der Waals surface area (Å²) in [5, 5.41) is 3.08. The first kappa shape index (κ1) is 19.0. The van der Waals surface area contributed by atoms with Crippen LogP contribution in [0.3, 0.4) is 0 Å². The minimum atomic E-state index is 0.0394. The molecule has 3 rings (SSSR count). The van der Waals surface area contributed by atoms with E-state index in [0.29, 0.717) is 0 Å². The fourth-order valence-electron chi connectivity index (χ4n) is 3.29. The Morgan fingerprint density at radius 1 is 1.08 bits per heavy atom. The van der Waals surface area contributed by atoms with Crippen molar-refractivity contribution in [1.29, 1.82) is 0 Å². The van der Waals surface area contributed by atoms with Crippen molar-refractivity contribution in [2.75, 3.05) is 26.7 Å². The van der Waals surface area contributed by atoms with Crippen LogP contribution in [0.25, 0.3) is 0 Å². The second-order valence-electron chi connectivity index (χ2n) is 7.09. The number of nitrogens with one attached hydrogen (secondary N) is 1. The molecule has 0 aliphatic carbocycles. The van der Waals surface area contributed by atoms with Crippen molar-refractivity contribution >= 4 is 17.7 Å². The standard InChI is InChI=1S/C22H28N2OS/c1-24-15-12-18(13-16-24)11-14-23-22(25)20-7-9-21(10-8-20)26-17-19-5-3-2-4-6-19/h2-10,18H,11-17H2,1H3,(H,23,25). The predicted molar refractivity (Wildman–Crippen MR) is 110 cm³/mol. The predicted octanol–water partition coefficient (Wildman–Crippen LogP) is 4.44. The lowest BCUT2D eigenvalue weighted by molar-refractivity contribution is 0.0949. The van der Waals surface area contributed by atoms with E-state index in [0.717, 1.165) is 30.2 Å². The van der Waals surface area contributed by atoms with Gasteiger partial charge in [-0.15, -0.1) is 11.8 Å². The van der Waals surface area contributed by atoms with Crippen LogP contribution in [0.4, 0.5) is 0 Å². The van der Waals surface area contributed by atoms with E-state index >= 15 is 0 Å². The number of hydrogen-bond donors (Lipinski definition) is 1. The number of carbonyl (C=O) groups excluding carboxylic acids is 1. The van der Waals surface area contributed by atoms with Crippen LogP contribution in [0.15, 0.2) is 59.5 Å². The number of hydrogen-bond acceptors (Lipinski definition) is 3. The third kappa shape index (κ3) is 5.89. The van der Waals surface area contributed by atoms with Gasteiger partial charge in [0.2, 0.25) is 0 Å². The van der Waals surface area contributed by atoms with Crippen LogP contribution in [-0.4, -0.2) is 37.5 Å². The Kier molecular flexibility index (Phi) is 7.15. The summed E-state index contributed by atoms with van der Waals surface area (Å²) in [6.45, 7) is 3.14. The van der Waals surface area contributed by atoms with Crippen LogP contribution in [0, 0.1) is 5.92 Å². The molecule has 26 heavy (non-hydrogen) atoms. The number of carbonyl (C=O) groups is 1. The van der Waals surface area contributed by atoms with Gasteiger partial charge in [-0.2, -0.15) is 0 Å². The van der Waals surface area contributed by atoms with Gasteiger partial charge in [0.1, 0.15) is 0 Å². The second-order valence-corrected chi connectivity index (χ2v) is 8.14. The molecule has 0 unspecified atom stereocenters. The van der Waals surface area contributed by atoms with Crippen molar-refractivity contribution in [3.05, 3.63) is 65.7 Å². The molecule has 0 spiro atoms. The summed E-state index contributed by atoms with van der Waals surface area (Å²) in [4.78, 5) is 15.9. The van der Waals surface area contributed by atoms with Gasteiger partial charge in [0.15, 0.2) is 0 Å². The number of amides is 1. The first-order valence-corrected chi connectivity index (χ1v) is 10.4. The lowest BCUT2D eigenvalue weighted by atomic mass is 9.94. The zero-order chi connectivity index (χ0) is 18.2. The number of likely N-dealkylation sites (tertiary alicyclic amines) is 1. The third-order valence-corrected chi connectivity index (χ3v) is 6.12. The zero-order valence-corrected chi connectivity index (χ0v) is 16.3. The molecule has 1 aliphatic rings. The van der Waals surface area contributed by atoms with Crippen LogP contribution in [-0.2, 0) is 5.75 Å². The average molecular weight is 369 g/mol. The smallest absolute Gasteiger partial charge is 0.251 e. The van der Waals surface area contributed by atoms with Gasteiger partial charge in [-0.3, -0.25) is 4.79 Å². The van der Waals surface area contributed by atoms with Crippen LogP contribution in [0.1, 0.15) is 35.2 Å². The van der Waals surface area contributed by atoms with E-state index in [4.69, 9.17) is 0 Å². The molecule has 2 aromatic rings. The van der Waals surface area contributed by atoms with Gasteiger partial charge in [0, 0.05) is 22.8 Å². The van der Waals surface area contributed by atoms with Gasteiger partial charge in [0.25, 0.3) is 5.91 Å². The molecule has 0 saturated carbocycles. The summed E-state index contributed by atoms with van der Waals surface area (Å²) in [6.07, 6.45) is 3.59. The van der Waals surface area contributed by atoms with E-state index in [9.17, 15) is 4.79 Å². The van der Waals surface area contributed by atoms with Crippen LogP contribution >= 0.6 is 11.8 Å². The summed E-state index contributed by atoms with van der Waals surface area (Å²) in [5.41, 5.74) is 2.06. The molecule has 2 aromatic carbocycles. The Balaban J connectivity index is 1.40. The van der Waals surface area contributed by atoms with Crippen LogP contribution < -0.4 is 5.32 Å². The third-order valence-electron chi connectivity index (χ3n) is 5.04. The van der Waals surface area contributed by atoms with Crippen molar-refractivity contribution in [2.45, 2.75) is 29.9 Å². The molecule has 0 aromatic heterocycles. The lowest BCUT2D eigenvalue weighted by Crippen LogP contribution is -2.32. The van der Waals surface area contributed by atoms with Gasteiger partial charge < -0.3 is 10.2 Å². The van der Waals surface area contributed by atoms with E-state index < -0.39 is 0 Å². The normalized spacial score (nSPS) is 15.7. The number of nitrogens with zero attached hydrogens (tertiary/aromatic N) is 1. The molecule has 1 amide bonds. The summed E-state index contributed by atoms with van der Waals surface area (Å²) in [5.74, 6) is 1.74. The lowest BCUT2D eigenvalue weighted by Gasteiger charge is -2.28. The first-order valence-electron chi connectivity index (χ1n) is 9.44. The summed E-state index contributed by atoms with van der Waals surface area (Å²) in [7, 11) is 2.18. The Morgan fingerprint density at radius 3 is 2.46 bits per heavy atom. The molecule has 138 valence electrons. The van der Waals surface area contributed by atoms with E-state index in [1.807, 2.05) is 30.3 Å². The minimum Gasteiger partial charge on any atom is -0.352 e. The van der Waals surface area contributed by atoms with E-state index in [1.165, 1.54) is 36.4 Å². The monoisotopic (exact) mass is 368 g/mol. The van der Waals surface area contributed by atoms with Crippen molar-refractivity contribution in [3.8, 4) is 0 Å². The highest BCUT2D eigenvalue weighted by atomic mass is 32.2. The van der Waals surface area contributed by atoms with Crippen molar-refractivity contribution in [1.82, 2.24) is 10.2 Å². The molecule has 1 aliphatic heterocycles. The Labute approximate surface area is 161 Å². The molecule has 0 atom stereocenters. The summed E-state index contributed by atoms with van der Waals surface area (Å²) in [6, 6.07) is 18.4. The topological polar surface area (TPSA) is 32.3 Å². The molecule has 1 fully saturated rings. The summed E-state index contributed by atoms with van der Waals surface area (Å²) >= 11 is 1.80. The van der Waals surface area contributed by atoms with Gasteiger partial charge in [-0.25, -0.2) is 0 Å². The van der Waals surface area contributed by atoms with E-state index in [-0.39, 0.29) is 5.91 Å². The van der Waals surface area contributed by atoms with E-state index in [1.54, 1.807) is 11.8 Å². The van der Waals surface area contributed by atoms with Crippen LogP contribution in [0.2, 0.25) is 0 Å². The molecule has 3 nitrogen and oxygen atoms in total. The fourth-order valence-corrected chi connectivity index (χ4v) is 4.14. The fraction of sp³-hybridized carbons (Fsp3) is 0.409. The van der Waals surface area contributed by atoms with Crippen molar-refractivity contribution < 1.29 is 4.79 Å². The molecule has 1 heterocycles. The average Bonchev–Trinajstić information content (AvgIpc) is 2.69. The molecule has 1 saturated heterocycles. The molecular weight excluding hydrogens is 340 g/mol. The number of piperidine rings is 1. The summed E-state index contributed by atoms with van der Waals surface area (Å²) < 4.78 is 0. The SMILES string of the molecule is CN1CCC(CCNC(=O)c2ccc(SCc3ccccc3)cc2)CC1. The maximum atomic E-state index is 12.3. The van der Waals surface area contributed by atoms with Gasteiger partial charge in [-0.1, -0.05) is 30.3 Å². The number of rotatable bonds is 7. The molecular formula is C22H28N2OS. The Morgan fingerprint density at radius 2 is 1.77 bits per heavy atom. The second kappa shape index (κ2) is 9.79. The van der Waals surface area contributed by atoms with E-state index in [2.05, 4.69) is 41.5 Å². The maximum Gasteiger partial charge on any atom is 0.251 e. The van der Waals surface area contributed by atoms with Gasteiger partial charge in [-0.05, 0) is 75.1 Å². The van der Waals surface area contributed by atoms with Crippen molar-refractivity contribution in [2.24, 2.45) is 5.92 Å². The van der Waals surface area contributed by atoms with Crippen LogP contribution in [0.5, 0.6) is 0 Å². The molecule has 0 bridgehead atoms. The molecule has 1 N–H and O–H groups in total. The highest BCUT2D eigenvalue weighted by Crippen LogP contribution is 2.23. The van der Waals surface area contributed by atoms with Gasteiger partial charge in [0.05, 0.1) is 0 Å². The highest BCUT2D eigenvalue weighted by Gasteiger charge is 2.16. The largest absolute Gasteiger partial charge is 0.352 e. The Bertz CT molecular complexity index is 679. The molecule has 0 radical (unpaired) electrons. The first-order chi connectivity index (χ1) is 12.7. The quantitative estimate of drug-likeness (QED) is 0.733. The van der Waals surface area contributed by atoms with Gasteiger partial charge >= 0.3 is 0 Å². The zero-order valence-electron chi connectivity index (χ0n) is 15.5. The highest BCUT2D eigenvalue weighted by molar-refractivity contribution is 7.98. The Hall–Kier alpha value is -1.78. The maximum absolute atomic E-state index is 12.3. The number of benzene rings is 2.